The van der Waals surface area contributed by atoms with Crippen LogP contribution < -0.4 is 0 Å². The summed E-state index contributed by atoms with van der Waals surface area (Å²) in [6.45, 7) is 15.1. The molecule has 1 saturated carbocycles. The van der Waals surface area contributed by atoms with Crippen molar-refractivity contribution < 1.29 is 63.0 Å². The van der Waals surface area contributed by atoms with Gasteiger partial charge in [-0.15, -0.1) is 0 Å². The summed E-state index contributed by atoms with van der Waals surface area (Å²) in [6, 6.07) is -1.12. The summed E-state index contributed by atoms with van der Waals surface area (Å²) in [6.07, 6.45) is 13.3. The quantitative estimate of drug-likeness (QED) is 0.131. The smallest absolute Gasteiger partial charge is 0.329 e. The van der Waals surface area contributed by atoms with E-state index >= 15 is 0 Å². The molecule has 2 saturated heterocycles. The Bertz CT molecular complexity index is 1790. The first kappa shape index (κ1) is 56.2. The molecular weight excluding hydrogens is 859 g/mol. The number of nitrogens with zero attached hydrogens (tertiary/aromatic N) is 1. The number of rotatable bonds is 8. The Morgan fingerprint density at radius 1 is 0.851 bits per heavy atom. The topological polar surface area (TPSA) is 195 Å². The Hall–Kier alpha value is -3.37. The second-order valence-electron chi connectivity index (χ2n) is 20.3. The Labute approximate surface area is 399 Å². The van der Waals surface area contributed by atoms with Crippen molar-refractivity contribution in [3.05, 3.63) is 47.6 Å². The molecule has 0 aromatic rings. The molecule has 2 bridgehead atoms. The molecule has 0 aromatic carbocycles. The number of aliphatic hydroxyl groups excluding tert-OH is 2. The highest BCUT2D eigenvalue weighted by Gasteiger charge is 2.53. The molecule has 3 heterocycles. The number of piperidine rings is 1. The Balaban J connectivity index is 1.68. The second kappa shape index (κ2) is 26.6. The fourth-order valence-electron chi connectivity index (χ4n) is 10.4. The van der Waals surface area contributed by atoms with Crippen molar-refractivity contribution in [3.8, 4) is 0 Å². The minimum absolute atomic E-state index is 0.0280. The third-order valence-corrected chi connectivity index (χ3v) is 15.0. The number of Topliss-reactive ketones (excluding diaryl/α,β-unsaturated/α-hetero) is 3. The van der Waals surface area contributed by atoms with E-state index in [4.69, 9.17) is 23.7 Å². The second-order valence-corrected chi connectivity index (χ2v) is 20.3. The van der Waals surface area contributed by atoms with E-state index in [0.717, 1.165) is 12.0 Å². The molecule has 3 fully saturated rings. The minimum atomic E-state index is -2.38. The lowest BCUT2D eigenvalue weighted by Crippen LogP contribution is -2.60. The van der Waals surface area contributed by atoms with E-state index in [9.17, 15) is 39.3 Å². The van der Waals surface area contributed by atoms with Gasteiger partial charge in [0.15, 0.2) is 5.78 Å². The number of esters is 1. The number of methoxy groups -OCH3 is 2. The molecule has 14 heteroatoms. The van der Waals surface area contributed by atoms with Gasteiger partial charge < -0.3 is 43.9 Å². The van der Waals surface area contributed by atoms with Gasteiger partial charge in [0.2, 0.25) is 5.79 Å². The van der Waals surface area contributed by atoms with E-state index in [-0.39, 0.29) is 80.0 Å². The van der Waals surface area contributed by atoms with Gasteiger partial charge in [-0.05, 0) is 114 Å². The summed E-state index contributed by atoms with van der Waals surface area (Å²) in [5, 5.41) is 32.7. The number of aliphatic hydroxyl groups is 3. The molecule has 3 N–H and O–H groups in total. The van der Waals surface area contributed by atoms with Gasteiger partial charge in [0.05, 0.1) is 31.5 Å². The van der Waals surface area contributed by atoms with Crippen LogP contribution in [0, 0.1) is 41.4 Å². The molecular formula is C53H83NO13. The molecule has 378 valence electrons. The summed E-state index contributed by atoms with van der Waals surface area (Å²) in [4.78, 5) is 72.0. The maximum Gasteiger partial charge on any atom is 0.329 e. The molecule has 1 aliphatic carbocycles. The Morgan fingerprint density at radius 2 is 1.58 bits per heavy atom. The van der Waals surface area contributed by atoms with E-state index in [2.05, 4.69) is 6.92 Å². The van der Waals surface area contributed by atoms with Gasteiger partial charge in [0.1, 0.15) is 30.1 Å². The standard InChI is InChI=1S/C53H83NO13/c1-32-16-12-11-13-17-33(2)34(3)29-41-21-19-39(8)53(62,67-41)50(59)51(60)54-23-15-14-18-42(54)52(61)66-45(36(5)28-40-20-22-44(65-25-24-55)46(30-40)63-9)31-43(56)35(4)27-38(7)48(58)49(64-10)47(57)37(6)26-32/h11-13,16-17,27,32,34-37,39-42,44-46,48-49,55,58,62H,14-15,18-26,28-31H2,1-10H3/b13-11+,16-12+,33-17+,38-27+/t32-,34+,35-,36-,37-,39-,40?,41+,42+,44+,45+,46-,48-,49+,53-/m1/s1. The number of carbonyl (C=O) groups is 5. The van der Waals surface area contributed by atoms with Gasteiger partial charge in [0, 0.05) is 44.9 Å². The van der Waals surface area contributed by atoms with Gasteiger partial charge in [-0.2, -0.15) is 0 Å². The first-order valence-corrected chi connectivity index (χ1v) is 24.9. The van der Waals surface area contributed by atoms with Gasteiger partial charge in [0.25, 0.3) is 11.7 Å². The molecule has 1 unspecified atom stereocenters. The van der Waals surface area contributed by atoms with Crippen LogP contribution in [-0.2, 0) is 47.7 Å². The van der Waals surface area contributed by atoms with Crippen molar-refractivity contribution in [2.45, 2.75) is 181 Å². The van der Waals surface area contributed by atoms with Crippen molar-refractivity contribution in [2.75, 3.05) is 34.0 Å². The summed E-state index contributed by atoms with van der Waals surface area (Å²) >= 11 is 0. The van der Waals surface area contributed by atoms with Gasteiger partial charge in [-0.1, -0.05) is 83.6 Å². The van der Waals surface area contributed by atoms with E-state index in [0.29, 0.717) is 63.4 Å². The first-order chi connectivity index (χ1) is 31.7. The Morgan fingerprint density at radius 3 is 2.27 bits per heavy atom. The van der Waals surface area contributed by atoms with Crippen LogP contribution in [0.25, 0.3) is 0 Å². The van der Waals surface area contributed by atoms with Crippen molar-refractivity contribution in [2.24, 2.45) is 41.4 Å². The molecule has 1 amide bonds. The van der Waals surface area contributed by atoms with Crippen LogP contribution in [0.15, 0.2) is 47.6 Å². The van der Waals surface area contributed by atoms with E-state index in [1.807, 2.05) is 58.1 Å². The molecule has 4 aliphatic rings. The molecule has 0 radical (unpaired) electrons. The molecule has 3 aliphatic heterocycles. The molecule has 0 spiro atoms. The molecule has 15 atom stereocenters. The average molecular weight is 942 g/mol. The fourth-order valence-corrected chi connectivity index (χ4v) is 10.4. The lowest BCUT2D eigenvalue weighted by Gasteiger charge is -2.42. The largest absolute Gasteiger partial charge is 0.460 e. The zero-order valence-corrected chi connectivity index (χ0v) is 42.0. The highest BCUT2D eigenvalue weighted by Crippen LogP contribution is 2.38. The van der Waals surface area contributed by atoms with Crippen LogP contribution in [0.1, 0.15) is 132 Å². The number of cyclic esters (lactones) is 1. The van der Waals surface area contributed by atoms with Crippen LogP contribution in [0.5, 0.6) is 0 Å². The molecule has 0 aromatic heterocycles. The van der Waals surface area contributed by atoms with Crippen LogP contribution in [0.2, 0.25) is 0 Å². The highest BCUT2D eigenvalue weighted by atomic mass is 16.6. The SMILES string of the molecule is CO[C@@H]1CC(C[C@@H](C)[C@@H]2CC(=O)[C@H](C)/C=C(\C)[C@@H](O)[C@@H](OC)C(=O)[C@H](C)C[C@H](C)/C=C/C=C/C=C(\C)[C@@H](C)C[C@@H]3CC[C@@H](C)[C@@](O)(O3)C(=O)C(=O)N3CCCC[C@H]3C(=O)O2)CC[C@@H]1OCCO. The maximum absolute atomic E-state index is 14.4. The van der Waals surface area contributed by atoms with Crippen LogP contribution >= 0.6 is 0 Å². The number of fused-ring (bicyclic) bond motifs is 3. The van der Waals surface area contributed by atoms with Crippen LogP contribution in [0.4, 0.5) is 0 Å². The van der Waals surface area contributed by atoms with Gasteiger partial charge in [-0.25, -0.2) is 4.79 Å². The van der Waals surface area contributed by atoms with Crippen LogP contribution in [0.3, 0.4) is 0 Å². The fraction of sp³-hybridized carbons (Fsp3) is 0.755. The Kier molecular flexibility index (Phi) is 22.3. The van der Waals surface area contributed by atoms with Gasteiger partial charge >= 0.3 is 5.97 Å². The number of allylic oxidation sites excluding steroid dienone is 7. The van der Waals surface area contributed by atoms with Crippen molar-refractivity contribution in [3.63, 3.8) is 0 Å². The summed E-state index contributed by atoms with van der Waals surface area (Å²) in [5.74, 6) is -7.67. The highest BCUT2D eigenvalue weighted by molar-refractivity contribution is 6.39. The number of hydrogen-bond acceptors (Lipinski definition) is 13. The van der Waals surface area contributed by atoms with Crippen molar-refractivity contribution in [1.29, 1.82) is 0 Å². The summed E-state index contributed by atoms with van der Waals surface area (Å²) in [7, 11) is 3.02. The summed E-state index contributed by atoms with van der Waals surface area (Å²) in [5.41, 5.74) is 1.46. The predicted octanol–water partition coefficient (Wildman–Crippen LogP) is 6.82. The number of ketones is 3. The predicted molar refractivity (Wildman–Crippen MR) is 254 cm³/mol. The van der Waals surface area contributed by atoms with E-state index in [1.165, 1.54) is 12.0 Å². The number of ether oxygens (including phenoxy) is 5. The number of amides is 1. The lowest BCUT2D eigenvalue weighted by atomic mass is 9.78. The summed E-state index contributed by atoms with van der Waals surface area (Å²) < 4.78 is 29.7. The van der Waals surface area contributed by atoms with E-state index < -0.39 is 71.7 Å². The minimum Gasteiger partial charge on any atom is -0.460 e. The van der Waals surface area contributed by atoms with Gasteiger partial charge in [-0.3, -0.25) is 19.2 Å². The molecule has 67 heavy (non-hydrogen) atoms. The molecule has 4 rings (SSSR count). The van der Waals surface area contributed by atoms with E-state index in [1.54, 1.807) is 34.0 Å². The normalized spacial score (nSPS) is 39.6. The first-order valence-electron chi connectivity index (χ1n) is 24.9. The monoisotopic (exact) mass is 942 g/mol. The zero-order valence-electron chi connectivity index (χ0n) is 42.0. The maximum atomic E-state index is 14.4. The van der Waals surface area contributed by atoms with Crippen LogP contribution in [-0.4, -0.2) is 132 Å². The lowest BCUT2D eigenvalue weighted by molar-refractivity contribution is -0.264. The zero-order chi connectivity index (χ0) is 49.6. The average Bonchev–Trinajstić information content (AvgIpc) is 3.30. The number of hydrogen-bond donors (Lipinski definition) is 3. The third-order valence-electron chi connectivity index (χ3n) is 15.0. The number of carbonyl (C=O) groups excluding carboxylic acids is 5. The third kappa shape index (κ3) is 15.3. The van der Waals surface area contributed by atoms with Crippen molar-refractivity contribution in [1.82, 2.24) is 4.90 Å². The van der Waals surface area contributed by atoms with Crippen molar-refractivity contribution >= 4 is 29.2 Å². The molecule has 14 nitrogen and oxygen atoms in total.